The minimum Gasteiger partial charge on any atom is -0.336 e. The Labute approximate surface area is 93.8 Å². The zero-order valence-corrected chi connectivity index (χ0v) is 8.44. The van der Waals surface area contributed by atoms with Gasteiger partial charge >= 0.3 is 12.2 Å². The van der Waals surface area contributed by atoms with E-state index in [0.717, 1.165) is 6.07 Å². The highest BCUT2D eigenvalue weighted by Crippen LogP contribution is 2.32. The number of nitrogens with one attached hydrogen (secondary N) is 2. The Bertz CT molecular complexity index is 458. The molecule has 0 bridgehead atoms. The molecule has 92 valence electrons. The van der Waals surface area contributed by atoms with E-state index in [1.807, 2.05) is 0 Å². The van der Waals surface area contributed by atoms with Crippen LogP contribution in [-0.2, 0) is 6.18 Å². The van der Waals surface area contributed by atoms with Gasteiger partial charge in [0.2, 0.25) is 0 Å². The normalized spacial score (nSPS) is 20.0. The van der Waals surface area contributed by atoms with Gasteiger partial charge in [-0.2, -0.15) is 13.2 Å². The summed E-state index contributed by atoms with van der Waals surface area (Å²) in [6.45, 7) is 0.0665. The fourth-order valence-corrected chi connectivity index (χ4v) is 1.63. The van der Waals surface area contributed by atoms with Crippen LogP contribution in [0.15, 0.2) is 18.2 Å². The molecule has 1 aliphatic rings. The predicted octanol–water partition coefficient (Wildman–Crippen LogP) is 2.20. The van der Waals surface area contributed by atoms with Crippen LogP contribution < -0.4 is 10.6 Å². The zero-order chi connectivity index (χ0) is 12.6. The van der Waals surface area contributed by atoms with Crippen molar-refractivity contribution in [1.29, 1.82) is 0 Å². The van der Waals surface area contributed by atoms with E-state index in [2.05, 4.69) is 10.6 Å². The van der Waals surface area contributed by atoms with Gasteiger partial charge in [-0.05, 0) is 18.2 Å². The second kappa shape index (κ2) is 3.90. The van der Waals surface area contributed by atoms with Crippen molar-refractivity contribution in [2.24, 2.45) is 0 Å². The molecule has 2 N–H and O–H groups in total. The molecule has 1 saturated heterocycles. The molecule has 1 heterocycles. The first kappa shape index (κ1) is 11.7. The van der Waals surface area contributed by atoms with Crippen LogP contribution in [0.2, 0.25) is 0 Å². The Morgan fingerprint density at radius 1 is 1.29 bits per heavy atom. The van der Waals surface area contributed by atoms with Gasteiger partial charge in [-0.1, -0.05) is 0 Å². The maximum absolute atomic E-state index is 13.4. The maximum Gasteiger partial charge on any atom is 0.416 e. The SMILES string of the molecule is O=C1NC[C@@H](c2cc(C(F)(F)F)ccc2F)N1. The number of carbonyl (C=O) groups excluding carboxylic acids is 1. The van der Waals surface area contributed by atoms with Crippen molar-refractivity contribution < 1.29 is 22.4 Å². The number of hydrogen-bond donors (Lipinski definition) is 2. The molecule has 1 aliphatic heterocycles. The zero-order valence-electron chi connectivity index (χ0n) is 8.44. The lowest BCUT2D eigenvalue weighted by atomic mass is 10.0. The van der Waals surface area contributed by atoms with Crippen molar-refractivity contribution >= 4 is 6.03 Å². The van der Waals surface area contributed by atoms with Crippen LogP contribution in [0.1, 0.15) is 17.2 Å². The molecule has 2 rings (SSSR count). The van der Waals surface area contributed by atoms with E-state index in [1.165, 1.54) is 0 Å². The van der Waals surface area contributed by atoms with Crippen molar-refractivity contribution in [2.45, 2.75) is 12.2 Å². The minimum absolute atomic E-state index is 0.0665. The Kier molecular flexibility index (Phi) is 2.68. The first-order chi connectivity index (χ1) is 7.88. The first-order valence-electron chi connectivity index (χ1n) is 4.79. The molecule has 1 aromatic rings. The van der Waals surface area contributed by atoms with Gasteiger partial charge in [0.1, 0.15) is 5.82 Å². The standard InChI is InChI=1S/C10H8F4N2O/c11-7-2-1-5(10(12,13)14)3-6(7)8-4-15-9(17)16-8/h1-3,8H,4H2,(H2,15,16,17)/t8-/m0/s1. The summed E-state index contributed by atoms with van der Waals surface area (Å²) in [6.07, 6.45) is -4.53. The monoisotopic (exact) mass is 248 g/mol. The molecular weight excluding hydrogens is 240 g/mol. The summed E-state index contributed by atoms with van der Waals surface area (Å²) in [5.74, 6) is -0.771. The van der Waals surface area contributed by atoms with Crippen molar-refractivity contribution in [2.75, 3.05) is 6.54 Å². The van der Waals surface area contributed by atoms with E-state index in [-0.39, 0.29) is 12.1 Å². The van der Waals surface area contributed by atoms with Crippen molar-refractivity contribution in [1.82, 2.24) is 10.6 Å². The van der Waals surface area contributed by atoms with Gasteiger partial charge in [-0.25, -0.2) is 9.18 Å². The minimum atomic E-state index is -4.53. The Balaban J connectivity index is 2.36. The van der Waals surface area contributed by atoms with E-state index < -0.39 is 29.6 Å². The number of benzene rings is 1. The van der Waals surface area contributed by atoms with Crippen LogP contribution in [0, 0.1) is 5.82 Å². The summed E-state index contributed by atoms with van der Waals surface area (Å²) in [5, 5.41) is 4.69. The highest BCUT2D eigenvalue weighted by molar-refractivity contribution is 5.76. The summed E-state index contributed by atoms with van der Waals surface area (Å²) in [6, 6.07) is 0.843. The highest BCUT2D eigenvalue weighted by atomic mass is 19.4. The largest absolute Gasteiger partial charge is 0.416 e. The number of hydrogen-bond acceptors (Lipinski definition) is 1. The van der Waals surface area contributed by atoms with Crippen LogP contribution in [0.5, 0.6) is 0 Å². The van der Waals surface area contributed by atoms with Gasteiger partial charge in [-0.15, -0.1) is 0 Å². The van der Waals surface area contributed by atoms with Crippen LogP contribution in [0.4, 0.5) is 22.4 Å². The molecular formula is C10H8F4N2O. The van der Waals surface area contributed by atoms with Crippen LogP contribution in [-0.4, -0.2) is 12.6 Å². The number of urea groups is 1. The summed E-state index contributed by atoms with van der Waals surface area (Å²) >= 11 is 0. The van der Waals surface area contributed by atoms with E-state index in [1.54, 1.807) is 0 Å². The smallest absolute Gasteiger partial charge is 0.336 e. The Hall–Kier alpha value is -1.79. The van der Waals surface area contributed by atoms with Gasteiger partial charge in [0, 0.05) is 12.1 Å². The second-order valence-electron chi connectivity index (χ2n) is 3.64. The van der Waals surface area contributed by atoms with Crippen molar-refractivity contribution in [3.05, 3.63) is 35.1 Å². The molecule has 0 spiro atoms. The van der Waals surface area contributed by atoms with Crippen molar-refractivity contribution in [3.8, 4) is 0 Å². The molecule has 1 atom stereocenters. The fraction of sp³-hybridized carbons (Fsp3) is 0.300. The van der Waals surface area contributed by atoms with Crippen LogP contribution in [0.3, 0.4) is 0 Å². The molecule has 0 radical (unpaired) electrons. The number of amides is 2. The third-order valence-electron chi connectivity index (χ3n) is 2.47. The number of alkyl halides is 3. The van der Waals surface area contributed by atoms with Gasteiger partial charge in [0.15, 0.2) is 0 Å². The molecule has 1 aromatic carbocycles. The van der Waals surface area contributed by atoms with Gasteiger partial charge < -0.3 is 10.6 Å². The fourth-order valence-electron chi connectivity index (χ4n) is 1.63. The molecule has 3 nitrogen and oxygen atoms in total. The predicted molar refractivity (Wildman–Crippen MR) is 50.7 cm³/mol. The van der Waals surface area contributed by atoms with Crippen molar-refractivity contribution in [3.63, 3.8) is 0 Å². The quantitative estimate of drug-likeness (QED) is 0.735. The maximum atomic E-state index is 13.4. The lowest BCUT2D eigenvalue weighted by Gasteiger charge is -2.13. The summed E-state index contributed by atoms with van der Waals surface area (Å²) < 4.78 is 50.7. The molecule has 0 unspecified atom stereocenters. The van der Waals surface area contributed by atoms with Crippen LogP contribution >= 0.6 is 0 Å². The van der Waals surface area contributed by atoms with Gasteiger partial charge in [-0.3, -0.25) is 0 Å². The second-order valence-corrected chi connectivity index (χ2v) is 3.64. The number of rotatable bonds is 1. The molecule has 17 heavy (non-hydrogen) atoms. The lowest BCUT2D eigenvalue weighted by molar-refractivity contribution is -0.137. The summed E-state index contributed by atoms with van der Waals surface area (Å²) in [5.41, 5.74) is -1.10. The molecule has 0 saturated carbocycles. The van der Waals surface area contributed by atoms with Crippen LogP contribution in [0.25, 0.3) is 0 Å². The van der Waals surface area contributed by atoms with E-state index in [0.29, 0.717) is 12.1 Å². The van der Waals surface area contributed by atoms with E-state index in [9.17, 15) is 22.4 Å². The average molecular weight is 248 g/mol. The molecule has 1 fully saturated rings. The number of halogens is 4. The third kappa shape index (κ3) is 2.32. The Morgan fingerprint density at radius 2 is 2.00 bits per heavy atom. The molecule has 0 aliphatic carbocycles. The third-order valence-corrected chi connectivity index (χ3v) is 2.47. The van der Waals surface area contributed by atoms with Gasteiger partial charge in [0.25, 0.3) is 0 Å². The van der Waals surface area contributed by atoms with E-state index in [4.69, 9.17) is 0 Å². The topological polar surface area (TPSA) is 41.1 Å². The summed E-state index contributed by atoms with van der Waals surface area (Å²) in [7, 11) is 0. The summed E-state index contributed by atoms with van der Waals surface area (Å²) in [4.78, 5) is 10.9. The lowest BCUT2D eigenvalue weighted by Crippen LogP contribution is -2.22. The Morgan fingerprint density at radius 3 is 2.53 bits per heavy atom. The van der Waals surface area contributed by atoms with Gasteiger partial charge in [0.05, 0.1) is 11.6 Å². The average Bonchev–Trinajstić information content (AvgIpc) is 2.63. The molecule has 7 heteroatoms. The molecule has 0 aromatic heterocycles. The highest BCUT2D eigenvalue weighted by Gasteiger charge is 2.33. The first-order valence-corrected chi connectivity index (χ1v) is 4.79. The number of carbonyl (C=O) groups is 1. The van der Waals surface area contributed by atoms with E-state index >= 15 is 0 Å². The molecule has 2 amide bonds.